The molecular formula is C20H16N2O4S2. The highest BCUT2D eigenvalue weighted by Gasteiger charge is 2.34. The van der Waals surface area contributed by atoms with Gasteiger partial charge in [0.15, 0.2) is 6.61 Å². The summed E-state index contributed by atoms with van der Waals surface area (Å²) in [6, 6.07) is 13.7. The third-order valence-corrected chi connectivity index (χ3v) is 6.19. The first-order chi connectivity index (χ1) is 13.6. The number of phenolic OH excluding ortho intramolecular Hbond substituents is 1. The van der Waals surface area contributed by atoms with Crippen molar-refractivity contribution in [3.8, 4) is 5.75 Å². The number of carbonyl (C=O) groups excluding carboxylic acids is 2. The Balaban J connectivity index is 1.50. The summed E-state index contributed by atoms with van der Waals surface area (Å²) in [5.41, 5.74) is 0.864. The first-order valence-electron chi connectivity index (χ1n) is 8.55. The number of hydrogen-bond donors (Lipinski definition) is 1. The van der Waals surface area contributed by atoms with Crippen LogP contribution in [0.25, 0.3) is 0 Å². The molecule has 1 unspecified atom stereocenters. The van der Waals surface area contributed by atoms with Gasteiger partial charge in [0.05, 0.1) is 16.6 Å². The molecule has 0 bridgehead atoms. The van der Waals surface area contributed by atoms with Crippen molar-refractivity contribution in [3.63, 3.8) is 0 Å². The maximum Gasteiger partial charge on any atom is 0.342 e. The number of hydrazone groups is 1. The van der Waals surface area contributed by atoms with Gasteiger partial charge < -0.3 is 9.84 Å². The molecule has 1 atom stereocenters. The van der Waals surface area contributed by atoms with E-state index in [0.717, 1.165) is 15.5 Å². The predicted molar refractivity (Wildman–Crippen MR) is 108 cm³/mol. The summed E-state index contributed by atoms with van der Waals surface area (Å²) in [4.78, 5) is 27.0. The zero-order valence-corrected chi connectivity index (χ0v) is 16.3. The van der Waals surface area contributed by atoms with E-state index in [9.17, 15) is 14.7 Å². The highest BCUT2D eigenvalue weighted by atomic mass is 32.1. The van der Waals surface area contributed by atoms with Crippen molar-refractivity contribution in [1.29, 1.82) is 0 Å². The molecule has 0 saturated carbocycles. The first-order valence-corrected chi connectivity index (χ1v) is 10.3. The van der Waals surface area contributed by atoms with Crippen LogP contribution < -0.4 is 0 Å². The molecule has 28 heavy (non-hydrogen) atoms. The molecule has 1 N–H and O–H groups in total. The molecule has 3 heterocycles. The summed E-state index contributed by atoms with van der Waals surface area (Å²) < 4.78 is 5.12. The van der Waals surface area contributed by atoms with Crippen LogP contribution in [0.15, 0.2) is 64.4 Å². The van der Waals surface area contributed by atoms with Gasteiger partial charge in [0, 0.05) is 11.3 Å². The highest BCUT2D eigenvalue weighted by Crippen LogP contribution is 2.35. The number of phenols is 1. The van der Waals surface area contributed by atoms with E-state index in [1.165, 1.54) is 17.1 Å². The minimum atomic E-state index is -0.749. The standard InChI is InChI=1S/C20H16N2O4S2/c23-16-6-2-1-5-13(16)20(25)26-12-19(24)22-15(18-8-4-10-28-18)11-14(21-22)17-7-3-9-27-17/h1-10,15,23H,11-12H2. The van der Waals surface area contributed by atoms with Crippen molar-refractivity contribution in [1.82, 2.24) is 5.01 Å². The van der Waals surface area contributed by atoms with Crippen LogP contribution in [0.5, 0.6) is 5.75 Å². The number of benzene rings is 1. The fourth-order valence-electron chi connectivity index (χ4n) is 2.95. The van der Waals surface area contributed by atoms with Crippen LogP contribution in [0.2, 0.25) is 0 Å². The van der Waals surface area contributed by atoms with Crippen molar-refractivity contribution < 1.29 is 19.4 Å². The van der Waals surface area contributed by atoms with Crippen LogP contribution >= 0.6 is 22.7 Å². The lowest BCUT2D eigenvalue weighted by molar-refractivity contribution is -0.136. The molecule has 0 fully saturated rings. The fourth-order valence-corrected chi connectivity index (χ4v) is 4.48. The van der Waals surface area contributed by atoms with E-state index in [4.69, 9.17) is 4.74 Å². The Morgan fingerprint density at radius 2 is 1.89 bits per heavy atom. The molecule has 1 aromatic carbocycles. The number of nitrogens with zero attached hydrogens (tertiary/aromatic N) is 2. The number of amides is 1. The highest BCUT2D eigenvalue weighted by molar-refractivity contribution is 7.12. The quantitative estimate of drug-likeness (QED) is 0.641. The average molecular weight is 412 g/mol. The molecule has 142 valence electrons. The first kappa shape index (κ1) is 18.4. The molecular weight excluding hydrogens is 396 g/mol. The van der Waals surface area contributed by atoms with Crippen molar-refractivity contribution in [2.45, 2.75) is 12.5 Å². The maximum absolute atomic E-state index is 12.8. The van der Waals surface area contributed by atoms with Gasteiger partial charge in [-0.1, -0.05) is 24.3 Å². The van der Waals surface area contributed by atoms with Gasteiger partial charge in [-0.05, 0) is 35.0 Å². The molecule has 0 spiro atoms. The van der Waals surface area contributed by atoms with Gasteiger partial charge >= 0.3 is 5.97 Å². The lowest BCUT2D eigenvalue weighted by Gasteiger charge is -2.20. The molecule has 8 heteroatoms. The minimum absolute atomic E-state index is 0.0225. The van der Waals surface area contributed by atoms with Gasteiger partial charge in [-0.2, -0.15) is 5.10 Å². The van der Waals surface area contributed by atoms with Gasteiger partial charge in [-0.15, -0.1) is 22.7 Å². The number of rotatable bonds is 5. The summed E-state index contributed by atoms with van der Waals surface area (Å²) in [6.07, 6.45) is 0.611. The number of esters is 1. The lowest BCUT2D eigenvalue weighted by atomic mass is 10.1. The summed E-state index contributed by atoms with van der Waals surface area (Å²) in [7, 11) is 0. The van der Waals surface area contributed by atoms with Gasteiger partial charge in [0.2, 0.25) is 0 Å². The van der Waals surface area contributed by atoms with E-state index in [0.29, 0.717) is 6.42 Å². The third kappa shape index (κ3) is 3.69. The zero-order chi connectivity index (χ0) is 19.5. The summed E-state index contributed by atoms with van der Waals surface area (Å²) in [5.74, 6) is -1.34. The largest absolute Gasteiger partial charge is 0.507 e. The molecule has 3 aromatic rings. The van der Waals surface area contributed by atoms with Crippen molar-refractivity contribution in [2.75, 3.05) is 6.61 Å². The zero-order valence-electron chi connectivity index (χ0n) is 14.6. The average Bonchev–Trinajstić information content (AvgIpc) is 3.46. The molecule has 4 rings (SSSR count). The summed E-state index contributed by atoms with van der Waals surface area (Å²) in [5, 5.41) is 19.6. The van der Waals surface area contributed by atoms with Crippen molar-refractivity contribution >= 4 is 40.3 Å². The minimum Gasteiger partial charge on any atom is -0.507 e. The Labute approximate surface area is 169 Å². The molecule has 6 nitrogen and oxygen atoms in total. The second kappa shape index (κ2) is 7.95. The van der Waals surface area contributed by atoms with E-state index < -0.39 is 18.5 Å². The number of hydrogen-bond acceptors (Lipinski definition) is 7. The van der Waals surface area contributed by atoms with Crippen LogP contribution in [0.3, 0.4) is 0 Å². The molecule has 1 aliphatic heterocycles. The molecule has 1 amide bonds. The van der Waals surface area contributed by atoms with E-state index in [2.05, 4.69) is 5.10 Å². The number of carbonyl (C=O) groups is 2. The number of aromatic hydroxyl groups is 1. The van der Waals surface area contributed by atoms with E-state index in [-0.39, 0.29) is 17.4 Å². The lowest BCUT2D eigenvalue weighted by Crippen LogP contribution is -2.31. The van der Waals surface area contributed by atoms with Gasteiger partial charge in [0.25, 0.3) is 5.91 Å². The summed E-state index contributed by atoms with van der Waals surface area (Å²) in [6.45, 7) is -0.448. The maximum atomic E-state index is 12.8. The fraction of sp³-hybridized carbons (Fsp3) is 0.150. The number of para-hydroxylation sites is 1. The van der Waals surface area contributed by atoms with Crippen LogP contribution in [0, 0.1) is 0 Å². The Morgan fingerprint density at radius 3 is 2.61 bits per heavy atom. The smallest absolute Gasteiger partial charge is 0.342 e. The Bertz CT molecular complexity index is 1010. The molecule has 0 radical (unpaired) electrons. The molecule has 0 aliphatic carbocycles. The molecule has 2 aromatic heterocycles. The Morgan fingerprint density at radius 1 is 1.11 bits per heavy atom. The van der Waals surface area contributed by atoms with Crippen molar-refractivity contribution in [3.05, 3.63) is 74.6 Å². The second-order valence-corrected chi connectivity index (χ2v) is 8.02. The van der Waals surface area contributed by atoms with Crippen LogP contribution in [-0.2, 0) is 9.53 Å². The monoisotopic (exact) mass is 412 g/mol. The second-order valence-electron chi connectivity index (χ2n) is 6.09. The number of thiophene rings is 2. The van der Waals surface area contributed by atoms with E-state index >= 15 is 0 Å². The predicted octanol–water partition coefficient (Wildman–Crippen LogP) is 4.05. The van der Waals surface area contributed by atoms with Gasteiger partial charge in [-0.3, -0.25) is 4.79 Å². The molecule has 1 aliphatic rings. The Kier molecular flexibility index (Phi) is 5.23. The van der Waals surface area contributed by atoms with E-state index in [1.54, 1.807) is 34.8 Å². The van der Waals surface area contributed by atoms with Crippen LogP contribution in [0.1, 0.15) is 32.6 Å². The topological polar surface area (TPSA) is 79.2 Å². The SMILES string of the molecule is O=C(OCC(=O)N1N=C(c2cccs2)CC1c1cccs1)c1ccccc1O. The normalized spacial score (nSPS) is 16.1. The van der Waals surface area contributed by atoms with Crippen LogP contribution in [0.4, 0.5) is 0 Å². The van der Waals surface area contributed by atoms with Gasteiger partial charge in [-0.25, -0.2) is 9.80 Å². The van der Waals surface area contributed by atoms with Crippen molar-refractivity contribution in [2.24, 2.45) is 5.10 Å². The number of ether oxygens (including phenoxy) is 1. The van der Waals surface area contributed by atoms with E-state index in [1.807, 2.05) is 35.0 Å². The third-order valence-electron chi connectivity index (χ3n) is 4.29. The molecule has 0 saturated heterocycles. The van der Waals surface area contributed by atoms with Gasteiger partial charge in [0.1, 0.15) is 11.3 Å². The van der Waals surface area contributed by atoms with Crippen LogP contribution in [-0.4, -0.2) is 34.3 Å². The Hall–Kier alpha value is -2.97. The summed E-state index contributed by atoms with van der Waals surface area (Å²) >= 11 is 3.13.